The molecule has 0 spiro atoms. The first-order valence-electron chi connectivity index (χ1n) is 6.84. The van der Waals surface area contributed by atoms with E-state index in [4.69, 9.17) is 9.47 Å². The van der Waals surface area contributed by atoms with E-state index < -0.39 is 16.5 Å². The highest BCUT2D eigenvalue weighted by molar-refractivity contribution is 6.89. The minimum Gasteiger partial charge on any atom is -0.358 e. The Bertz CT molecular complexity index is 231. The van der Waals surface area contributed by atoms with Crippen LogP contribution in [0.2, 0.25) is 39.3 Å². The van der Waals surface area contributed by atoms with Crippen LogP contribution in [0, 0.1) is 0 Å². The summed E-state index contributed by atoms with van der Waals surface area (Å²) in [6, 6.07) is 0. The maximum absolute atomic E-state index is 5.48. The van der Waals surface area contributed by atoms with Crippen LogP contribution in [0.1, 0.15) is 12.8 Å². The van der Waals surface area contributed by atoms with Gasteiger partial charge in [0.1, 0.15) is 21.9 Å². The Kier molecular flexibility index (Phi) is 7.01. The first-order chi connectivity index (χ1) is 7.96. The van der Waals surface area contributed by atoms with Gasteiger partial charge >= 0.3 is 0 Å². The van der Waals surface area contributed by atoms with Crippen LogP contribution in [0.25, 0.3) is 0 Å². The van der Waals surface area contributed by atoms with E-state index >= 15 is 0 Å². The zero-order chi connectivity index (χ0) is 14.6. The van der Waals surface area contributed by atoms with E-state index in [0.29, 0.717) is 0 Å². The molecule has 0 aliphatic heterocycles. The molecule has 0 heterocycles. The first-order valence-corrected chi connectivity index (χ1v) is 14.7. The monoisotopic (exact) mass is 307 g/mol. The lowest BCUT2D eigenvalue weighted by Gasteiger charge is -2.44. The molecule has 0 unspecified atom stereocenters. The highest BCUT2D eigenvalue weighted by Crippen LogP contribution is 2.22. The SMILES string of the molecule is COC([SiH3])(CCCN([Si](C)(C)C)[Si](C)(C)C)OC. The second kappa shape index (κ2) is 6.81. The van der Waals surface area contributed by atoms with Gasteiger partial charge in [-0.25, -0.2) is 0 Å². The maximum Gasteiger partial charge on any atom is 0.140 e. The summed E-state index contributed by atoms with van der Waals surface area (Å²) >= 11 is 0. The van der Waals surface area contributed by atoms with Crippen molar-refractivity contribution in [3.63, 3.8) is 0 Å². The molecule has 0 aliphatic rings. The summed E-state index contributed by atoms with van der Waals surface area (Å²) in [5, 5.41) is 0. The molecule has 0 aromatic carbocycles. The van der Waals surface area contributed by atoms with E-state index in [1.165, 1.54) is 13.0 Å². The lowest BCUT2D eigenvalue weighted by molar-refractivity contribution is -0.146. The number of nitrogens with zero attached hydrogens (tertiary/aromatic N) is 1. The Morgan fingerprint density at radius 1 is 0.944 bits per heavy atom. The molecular weight excluding hydrogens is 274 g/mol. The lowest BCUT2D eigenvalue weighted by Crippen LogP contribution is -2.59. The molecule has 3 nitrogen and oxygen atoms in total. The van der Waals surface area contributed by atoms with Gasteiger partial charge in [0.2, 0.25) is 0 Å². The van der Waals surface area contributed by atoms with Gasteiger partial charge in [-0.05, 0) is 19.4 Å². The van der Waals surface area contributed by atoms with Crippen molar-refractivity contribution >= 4 is 26.7 Å². The third-order valence-electron chi connectivity index (χ3n) is 3.50. The van der Waals surface area contributed by atoms with Crippen molar-refractivity contribution < 1.29 is 9.47 Å². The molecule has 0 bridgehead atoms. The highest BCUT2D eigenvalue weighted by Gasteiger charge is 2.34. The highest BCUT2D eigenvalue weighted by atomic mass is 28.4. The van der Waals surface area contributed by atoms with Crippen LogP contribution in [0.15, 0.2) is 0 Å². The first kappa shape index (κ1) is 18.5. The van der Waals surface area contributed by atoms with E-state index in [2.05, 4.69) is 43.5 Å². The van der Waals surface area contributed by atoms with Gasteiger partial charge in [-0.3, -0.25) is 0 Å². The normalized spacial score (nSPS) is 14.5. The summed E-state index contributed by atoms with van der Waals surface area (Å²) in [5.74, 6) is 0. The fourth-order valence-electron chi connectivity index (χ4n) is 2.52. The van der Waals surface area contributed by atoms with Gasteiger partial charge < -0.3 is 13.7 Å². The molecule has 0 aromatic heterocycles. The molecule has 0 aromatic rings. The van der Waals surface area contributed by atoms with Crippen molar-refractivity contribution in [2.75, 3.05) is 20.8 Å². The number of rotatable bonds is 8. The summed E-state index contributed by atoms with van der Waals surface area (Å²) in [6.07, 6.45) is 2.18. The fourth-order valence-corrected chi connectivity index (χ4v) is 12.6. The van der Waals surface area contributed by atoms with E-state index in [1.54, 1.807) is 14.2 Å². The van der Waals surface area contributed by atoms with E-state index in [1.807, 2.05) is 0 Å². The van der Waals surface area contributed by atoms with E-state index in [9.17, 15) is 0 Å². The minimum absolute atomic E-state index is 0.287. The Labute approximate surface area is 119 Å². The molecular formula is C12H33NO2Si3. The van der Waals surface area contributed by atoms with Crippen LogP contribution in [0.3, 0.4) is 0 Å². The molecule has 0 amide bonds. The second-order valence-electron chi connectivity index (χ2n) is 7.14. The summed E-state index contributed by atoms with van der Waals surface area (Å²) in [4.78, 5) is 0. The zero-order valence-electron chi connectivity index (χ0n) is 13.9. The number of ether oxygens (including phenoxy) is 2. The Balaban J connectivity index is 4.48. The summed E-state index contributed by atoms with van der Waals surface area (Å²) < 4.78 is 13.8. The van der Waals surface area contributed by atoms with E-state index in [-0.39, 0.29) is 5.41 Å². The van der Waals surface area contributed by atoms with Crippen LogP contribution < -0.4 is 0 Å². The van der Waals surface area contributed by atoms with Crippen molar-refractivity contribution in [1.29, 1.82) is 0 Å². The van der Waals surface area contributed by atoms with Crippen LogP contribution in [-0.2, 0) is 9.47 Å². The predicted molar refractivity (Wildman–Crippen MR) is 89.3 cm³/mol. The molecule has 18 heavy (non-hydrogen) atoms. The van der Waals surface area contributed by atoms with Gasteiger partial charge in [0.05, 0.1) is 10.2 Å². The standard InChI is InChI=1S/C12H33NO2Si3/c1-14-12(16,15-2)10-9-11-13(17(3,4)5)18(6,7)8/h9-11H2,1-8,16H3. The molecule has 0 fully saturated rings. The topological polar surface area (TPSA) is 21.7 Å². The van der Waals surface area contributed by atoms with Crippen molar-refractivity contribution in [1.82, 2.24) is 4.23 Å². The Hall–Kier alpha value is 0.531. The van der Waals surface area contributed by atoms with Crippen LogP contribution in [-0.4, -0.2) is 57.1 Å². The van der Waals surface area contributed by atoms with Crippen molar-refractivity contribution in [3.8, 4) is 0 Å². The number of hydrogen-bond donors (Lipinski definition) is 0. The minimum atomic E-state index is -1.21. The second-order valence-corrected chi connectivity index (χ2v) is 18.9. The molecule has 0 radical (unpaired) electrons. The third kappa shape index (κ3) is 6.12. The lowest BCUT2D eigenvalue weighted by atomic mass is 10.3. The smallest absolute Gasteiger partial charge is 0.140 e. The molecule has 0 saturated carbocycles. The molecule has 0 rings (SSSR count). The Morgan fingerprint density at radius 2 is 1.33 bits per heavy atom. The van der Waals surface area contributed by atoms with Crippen LogP contribution in [0.5, 0.6) is 0 Å². The summed E-state index contributed by atoms with van der Waals surface area (Å²) in [5.41, 5.74) is -0.287. The third-order valence-corrected chi connectivity index (χ3v) is 12.5. The molecule has 6 heteroatoms. The van der Waals surface area contributed by atoms with Gasteiger partial charge in [0.15, 0.2) is 0 Å². The van der Waals surface area contributed by atoms with Gasteiger partial charge in [0.25, 0.3) is 0 Å². The van der Waals surface area contributed by atoms with Gasteiger partial charge in [-0.1, -0.05) is 39.3 Å². The number of hydrogen-bond acceptors (Lipinski definition) is 3. The molecule has 0 aliphatic carbocycles. The van der Waals surface area contributed by atoms with Gasteiger partial charge in [-0.2, -0.15) is 0 Å². The average molecular weight is 308 g/mol. The fraction of sp³-hybridized carbons (Fsp3) is 1.00. The Morgan fingerprint density at radius 3 is 1.61 bits per heavy atom. The van der Waals surface area contributed by atoms with Crippen LogP contribution in [0.4, 0.5) is 0 Å². The summed E-state index contributed by atoms with van der Waals surface area (Å²) in [7, 11) is 2.00. The predicted octanol–water partition coefficient (Wildman–Crippen LogP) is 2.05. The van der Waals surface area contributed by atoms with Crippen LogP contribution >= 0.6 is 0 Å². The van der Waals surface area contributed by atoms with Crippen molar-refractivity contribution in [2.24, 2.45) is 0 Å². The van der Waals surface area contributed by atoms with E-state index in [0.717, 1.165) is 16.7 Å². The van der Waals surface area contributed by atoms with Crippen molar-refractivity contribution in [3.05, 3.63) is 0 Å². The van der Waals surface area contributed by atoms with Gasteiger partial charge in [0, 0.05) is 14.2 Å². The average Bonchev–Trinajstić information content (AvgIpc) is 2.20. The number of methoxy groups -OCH3 is 2. The quantitative estimate of drug-likeness (QED) is 0.506. The molecule has 0 atom stereocenters. The largest absolute Gasteiger partial charge is 0.358 e. The summed E-state index contributed by atoms with van der Waals surface area (Å²) in [6.45, 7) is 15.9. The zero-order valence-corrected chi connectivity index (χ0v) is 17.9. The molecule has 110 valence electrons. The van der Waals surface area contributed by atoms with Crippen molar-refractivity contribution in [2.45, 2.75) is 57.5 Å². The molecule has 0 saturated heterocycles. The molecule has 0 N–H and O–H groups in total. The maximum atomic E-state index is 5.48. The van der Waals surface area contributed by atoms with Gasteiger partial charge in [-0.15, -0.1) is 0 Å².